The van der Waals surface area contributed by atoms with Crippen molar-refractivity contribution in [3.05, 3.63) is 0 Å². The highest BCUT2D eigenvalue weighted by Crippen LogP contribution is 2.24. The first-order valence-electron chi connectivity index (χ1n) is 6.10. The molecule has 14 heavy (non-hydrogen) atoms. The van der Waals surface area contributed by atoms with Gasteiger partial charge in [0, 0.05) is 18.1 Å². The molecule has 2 heteroatoms. The van der Waals surface area contributed by atoms with E-state index in [1.807, 2.05) is 0 Å². The molecule has 1 fully saturated rings. The Hall–Kier alpha value is -0.0800. The minimum Gasteiger partial charge on any atom is -0.324 e. The lowest BCUT2D eigenvalue weighted by molar-refractivity contribution is 0.181. The van der Waals surface area contributed by atoms with Gasteiger partial charge in [-0.05, 0) is 32.7 Å². The van der Waals surface area contributed by atoms with Gasteiger partial charge in [0.2, 0.25) is 0 Å². The van der Waals surface area contributed by atoms with Crippen LogP contribution in [0.2, 0.25) is 0 Å². The van der Waals surface area contributed by atoms with Gasteiger partial charge in [0.15, 0.2) is 0 Å². The molecule has 2 N–H and O–H groups in total. The molecular weight excluding hydrogens is 172 g/mol. The molecule has 1 aliphatic rings. The summed E-state index contributed by atoms with van der Waals surface area (Å²) in [5, 5.41) is 0. The first-order valence-corrected chi connectivity index (χ1v) is 6.10. The number of rotatable bonds is 5. The summed E-state index contributed by atoms with van der Waals surface area (Å²) in [5.74, 6) is 0. The maximum atomic E-state index is 6.32. The molecule has 0 spiro atoms. The number of hydrogen-bond acceptors (Lipinski definition) is 2. The Bertz CT molecular complexity index is 158. The number of nitrogens with zero attached hydrogens (tertiary/aromatic N) is 1. The lowest BCUT2D eigenvalue weighted by atomic mass is 9.93. The fourth-order valence-electron chi connectivity index (χ4n) is 2.44. The van der Waals surface area contributed by atoms with E-state index >= 15 is 0 Å². The van der Waals surface area contributed by atoms with E-state index in [9.17, 15) is 0 Å². The van der Waals surface area contributed by atoms with E-state index in [-0.39, 0.29) is 5.54 Å². The van der Waals surface area contributed by atoms with E-state index < -0.39 is 0 Å². The highest BCUT2D eigenvalue weighted by molar-refractivity contribution is 4.87. The summed E-state index contributed by atoms with van der Waals surface area (Å²) in [6.07, 6.45) is 7.73. The molecule has 0 bridgehead atoms. The first-order chi connectivity index (χ1) is 6.61. The van der Waals surface area contributed by atoms with E-state index in [0.29, 0.717) is 0 Å². The molecule has 0 aromatic heterocycles. The zero-order valence-corrected chi connectivity index (χ0v) is 10.1. The summed E-state index contributed by atoms with van der Waals surface area (Å²) >= 11 is 0. The summed E-state index contributed by atoms with van der Waals surface area (Å²) in [7, 11) is 2.24. The van der Waals surface area contributed by atoms with Gasteiger partial charge in [-0.15, -0.1) is 0 Å². The Morgan fingerprint density at radius 1 is 1.21 bits per heavy atom. The molecule has 1 saturated carbocycles. The van der Waals surface area contributed by atoms with Gasteiger partial charge in [-0.25, -0.2) is 0 Å². The Kier molecular flexibility index (Phi) is 4.39. The topological polar surface area (TPSA) is 29.3 Å². The molecule has 0 unspecified atom stereocenters. The van der Waals surface area contributed by atoms with E-state index in [1.54, 1.807) is 0 Å². The third-order valence-electron chi connectivity index (χ3n) is 3.92. The fourth-order valence-corrected chi connectivity index (χ4v) is 2.44. The van der Waals surface area contributed by atoms with Gasteiger partial charge in [-0.1, -0.05) is 26.7 Å². The second kappa shape index (κ2) is 5.13. The van der Waals surface area contributed by atoms with Gasteiger partial charge in [0.25, 0.3) is 0 Å². The van der Waals surface area contributed by atoms with Gasteiger partial charge < -0.3 is 10.6 Å². The van der Waals surface area contributed by atoms with Gasteiger partial charge >= 0.3 is 0 Å². The minimum atomic E-state index is 0.0390. The lowest BCUT2D eigenvalue weighted by Crippen LogP contribution is -2.50. The molecular formula is C12H26N2. The highest BCUT2D eigenvalue weighted by Gasteiger charge is 2.27. The van der Waals surface area contributed by atoms with Crippen LogP contribution in [0, 0.1) is 0 Å². The Morgan fingerprint density at radius 2 is 1.71 bits per heavy atom. The van der Waals surface area contributed by atoms with Crippen LogP contribution in [0.1, 0.15) is 52.4 Å². The van der Waals surface area contributed by atoms with E-state index in [1.165, 1.54) is 25.7 Å². The minimum absolute atomic E-state index is 0.0390. The summed E-state index contributed by atoms with van der Waals surface area (Å²) < 4.78 is 0. The van der Waals surface area contributed by atoms with Crippen LogP contribution in [-0.4, -0.2) is 30.1 Å². The Balaban J connectivity index is 2.41. The molecule has 0 heterocycles. The summed E-state index contributed by atoms with van der Waals surface area (Å²) in [5.41, 5.74) is 6.36. The second-order valence-electron chi connectivity index (χ2n) is 4.92. The summed E-state index contributed by atoms with van der Waals surface area (Å²) in [4.78, 5) is 2.49. The average molecular weight is 198 g/mol. The van der Waals surface area contributed by atoms with Gasteiger partial charge in [0.05, 0.1) is 0 Å². The number of hydrogen-bond donors (Lipinski definition) is 1. The Morgan fingerprint density at radius 3 is 2.14 bits per heavy atom. The zero-order chi connectivity index (χ0) is 10.6. The van der Waals surface area contributed by atoms with Crippen molar-refractivity contribution < 1.29 is 0 Å². The smallest absolute Gasteiger partial charge is 0.0278 e. The zero-order valence-electron chi connectivity index (χ0n) is 10.1. The van der Waals surface area contributed by atoms with Crippen molar-refractivity contribution in [2.45, 2.75) is 64.0 Å². The van der Waals surface area contributed by atoms with Crippen LogP contribution in [0.4, 0.5) is 0 Å². The molecule has 1 aliphatic carbocycles. The van der Waals surface area contributed by atoms with Crippen molar-refractivity contribution in [3.63, 3.8) is 0 Å². The van der Waals surface area contributed by atoms with Gasteiger partial charge in [0.1, 0.15) is 0 Å². The lowest BCUT2D eigenvalue weighted by Gasteiger charge is -2.35. The number of nitrogens with two attached hydrogens (primary N) is 1. The molecule has 0 atom stereocenters. The average Bonchev–Trinajstić information content (AvgIpc) is 2.70. The van der Waals surface area contributed by atoms with Crippen LogP contribution in [-0.2, 0) is 0 Å². The van der Waals surface area contributed by atoms with Crippen molar-refractivity contribution in [2.24, 2.45) is 5.73 Å². The molecule has 0 saturated heterocycles. The van der Waals surface area contributed by atoms with E-state index in [0.717, 1.165) is 25.4 Å². The van der Waals surface area contributed by atoms with E-state index in [4.69, 9.17) is 5.73 Å². The van der Waals surface area contributed by atoms with Crippen molar-refractivity contribution in [1.82, 2.24) is 4.90 Å². The van der Waals surface area contributed by atoms with Gasteiger partial charge in [-0.2, -0.15) is 0 Å². The van der Waals surface area contributed by atoms with Crippen LogP contribution in [0.15, 0.2) is 0 Å². The summed E-state index contributed by atoms with van der Waals surface area (Å²) in [6.45, 7) is 5.46. The predicted molar refractivity (Wildman–Crippen MR) is 62.4 cm³/mol. The molecule has 0 aromatic rings. The van der Waals surface area contributed by atoms with Crippen LogP contribution >= 0.6 is 0 Å². The van der Waals surface area contributed by atoms with Crippen molar-refractivity contribution in [2.75, 3.05) is 13.6 Å². The molecule has 0 amide bonds. The van der Waals surface area contributed by atoms with Crippen molar-refractivity contribution in [3.8, 4) is 0 Å². The molecule has 2 nitrogen and oxygen atoms in total. The van der Waals surface area contributed by atoms with Crippen LogP contribution in [0.25, 0.3) is 0 Å². The molecule has 0 aliphatic heterocycles. The van der Waals surface area contributed by atoms with Crippen molar-refractivity contribution >= 4 is 0 Å². The predicted octanol–water partition coefficient (Wildman–Crippen LogP) is 2.38. The van der Waals surface area contributed by atoms with Crippen LogP contribution in [0.3, 0.4) is 0 Å². The standard InChI is InChI=1S/C12H26N2/c1-4-12(13,5-2)10-14(3)11-8-6-7-9-11/h11H,4-10,13H2,1-3H3. The maximum absolute atomic E-state index is 6.32. The second-order valence-corrected chi connectivity index (χ2v) is 4.92. The van der Waals surface area contributed by atoms with Gasteiger partial charge in [-0.3, -0.25) is 0 Å². The number of likely N-dealkylation sites (N-methyl/N-ethyl adjacent to an activating group) is 1. The molecule has 0 radical (unpaired) electrons. The Labute approximate surface area is 88.8 Å². The SMILES string of the molecule is CCC(N)(CC)CN(C)C1CCCC1. The maximum Gasteiger partial charge on any atom is 0.0278 e. The summed E-state index contributed by atoms with van der Waals surface area (Å²) in [6, 6.07) is 0.802. The normalized spacial score (nSPS) is 19.5. The fraction of sp³-hybridized carbons (Fsp3) is 1.00. The third kappa shape index (κ3) is 2.96. The molecule has 84 valence electrons. The van der Waals surface area contributed by atoms with Crippen LogP contribution in [0.5, 0.6) is 0 Å². The quantitative estimate of drug-likeness (QED) is 0.735. The highest BCUT2D eigenvalue weighted by atomic mass is 15.2. The largest absolute Gasteiger partial charge is 0.324 e. The first kappa shape index (κ1) is 12.0. The van der Waals surface area contributed by atoms with E-state index in [2.05, 4.69) is 25.8 Å². The van der Waals surface area contributed by atoms with Crippen LogP contribution < -0.4 is 5.73 Å². The third-order valence-corrected chi connectivity index (χ3v) is 3.92. The molecule has 0 aromatic carbocycles. The monoisotopic (exact) mass is 198 g/mol. The van der Waals surface area contributed by atoms with Crippen molar-refractivity contribution in [1.29, 1.82) is 0 Å². The molecule has 1 rings (SSSR count).